The molecule has 1 amide bonds. The standard InChI is InChI=1S/C20H30N2O2S/c21-20(12-5-2-6-13-20)19(23)22-17-9-7-8-16(14-17)15-25(24)18-10-3-1-4-11-18/h7-9,14,18H,1-6,10-13,15,21H2,(H,22,23). The Morgan fingerprint density at radius 2 is 1.80 bits per heavy atom. The number of carbonyl (C=O) groups excluding carboxylic acids is 1. The van der Waals surface area contributed by atoms with Gasteiger partial charge in [0, 0.05) is 27.5 Å². The van der Waals surface area contributed by atoms with Gasteiger partial charge in [0.05, 0.1) is 5.54 Å². The van der Waals surface area contributed by atoms with Crippen molar-refractivity contribution in [3.63, 3.8) is 0 Å². The van der Waals surface area contributed by atoms with Gasteiger partial charge in [-0.15, -0.1) is 0 Å². The van der Waals surface area contributed by atoms with Gasteiger partial charge in [0.25, 0.3) is 0 Å². The van der Waals surface area contributed by atoms with E-state index in [1.807, 2.05) is 24.3 Å². The molecule has 1 aromatic carbocycles. The first-order chi connectivity index (χ1) is 12.1. The van der Waals surface area contributed by atoms with Crippen LogP contribution in [0.3, 0.4) is 0 Å². The van der Waals surface area contributed by atoms with E-state index in [0.29, 0.717) is 11.0 Å². The van der Waals surface area contributed by atoms with Crippen LogP contribution in [0.5, 0.6) is 0 Å². The molecule has 1 atom stereocenters. The first kappa shape index (κ1) is 18.6. The van der Waals surface area contributed by atoms with Gasteiger partial charge in [0.2, 0.25) is 5.91 Å². The number of hydrogen-bond acceptors (Lipinski definition) is 3. The maximum absolute atomic E-state index is 12.6. The Balaban J connectivity index is 1.61. The molecule has 0 saturated heterocycles. The lowest BCUT2D eigenvalue weighted by Gasteiger charge is -2.31. The van der Waals surface area contributed by atoms with Gasteiger partial charge in [0.15, 0.2) is 0 Å². The molecule has 2 saturated carbocycles. The van der Waals surface area contributed by atoms with Crippen molar-refractivity contribution in [1.29, 1.82) is 0 Å². The molecule has 2 fully saturated rings. The van der Waals surface area contributed by atoms with E-state index in [2.05, 4.69) is 5.32 Å². The fourth-order valence-electron chi connectivity index (χ4n) is 4.01. The van der Waals surface area contributed by atoms with Gasteiger partial charge in [-0.05, 0) is 43.4 Å². The highest BCUT2D eigenvalue weighted by molar-refractivity contribution is 7.84. The number of nitrogens with two attached hydrogens (primary N) is 1. The lowest BCUT2D eigenvalue weighted by atomic mass is 9.82. The molecule has 0 heterocycles. The Labute approximate surface area is 153 Å². The average Bonchev–Trinajstić information content (AvgIpc) is 2.63. The smallest absolute Gasteiger partial charge is 0.244 e. The van der Waals surface area contributed by atoms with Crippen molar-refractivity contribution in [2.24, 2.45) is 5.73 Å². The maximum atomic E-state index is 12.6. The van der Waals surface area contributed by atoms with E-state index in [9.17, 15) is 9.00 Å². The van der Waals surface area contributed by atoms with Gasteiger partial charge in [-0.1, -0.05) is 50.7 Å². The molecule has 4 nitrogen and oxygen atoms in total. The number of hydrogen-bond donors (Lipinski definition) is 2. The van der Waals surface area contributed by atoms with Crippen LogP contribution in [0.15, 0.2) is 24.3 Å². The highest BCUT2D eigenvalue weighted by Gasteiger charge is 2.35. The Morgan fingerprint density at radius 1 is 1.12 bits per heavy atom. The third kappa shape index (κ3) is 4.91. The number of anilines is 1. The van der Waals surface area contributed by atoms with E-state index in [-0.39, 0.29) is 5.91 Å². The molecule has 0 aliphatic heterocycles. The maximum Gasteiger partial charge on any atom is 0.244 e. The zero-order chi connectivity index (χ0) is 17.7. The normalized spacial score (nSPS) is 22.3. The van der Waals surface area contributed by atoms with Crippen molar-refractivity contribution < 1.29 is 9.00 Å². The molecule has 25 heavy (non-hydrogen) atoms. The minimum absolute atomic E-state index is 0.0854. The Bertz CT molecular complexity index is 620. The van der Waals surface area contributed by atoms with Crippen molar-refractivity contribution in [3.05, 3.63) is 29.8 Å². The molecule has 3 rings (SSSR count). The second-order valence-corrected chi connectivity index (χ2v) is 9.37. The lowest BCUT2D eigenvalue weighted by molar-refractivity contribution is -0.122. The molecule has 0 bridgehead atoms. The molecule has 1 unspecified atom stereocenters. The Morgan fingerprint density at radius 3 is 2.52 bits per heavy atom. The van der Waals surface area contributed by atoms with E-state index in [1.54, 1.807) is 0 Å². The summed E-state index contributed by atoms with van der Waals surface area (Å²) in [6, 6.07) is 7.75. The lowest BCUT2D eigenvalue weighted by Crippen LogP contribution is -2.52. The molecule has 138 valence electrons. The third-order valence-electron chi connectivity index (χ3n) is 5.62. The molecular formula is C20H30N2O2S. The zero-order valence-corrected chi connectivity index (χ0v) is 15.8. The molecule has 0 radical (unpaired) electrons. The van der Waals surface area contributed by atoms with Crippen LogP contribution in [0.1, 0.15) is 69.8 Å². The van der Waals surface area contributed by atoms with E-state index in [1.165, 1.54) is 19.3 Å². The summed E-state index contributed by atoms with van der Waals surface area (Å²) < 4.78 is 12.6. The molecule has 0 aromatic heterocycles. The van der Waals surface area contributed by atoms with Gasteiger partial charge < -0.3 is 11.1 Å². The Hall–Kier alpha value is -1.20. The van der Waals surface area contributed by atoms with Crippen molar-refractivity contribution in [2.75, 3.05) is 5.32 Å². The number of amides is 1. The van der Waals surface area contributed by atoms with Crippen LogP contribution >= 0.6 is 0 Å². The highest BCUT2D eigenvalue weighted by Crippen LogP contribution is 2.28. The summed E-state index contributed by atoms with van der Waals surface area (Å²) in [5, 5.41) is 3.32. The number of rotatable bonds is 5. The summed E-state index contributed by atoms with van der Waals surface area (Å²) in [6.45, 7) is 0. The van der Waals surface area contributed by atoms with Crippen LogP contribution < -0.4 is 11.1 Å². The largest absolute Gasteiger partial charge is 0.324 e. The van der Waals surface area contributed by atoms with Gasteiger partial charge in [-0.3, -0.25) is 9.00 Å². The van der Waals surface area contributed by atoms with Crippen LogP contribution in [0.25, 0.3) is 0 Å². The first-order valence-corrected chi connectivity index (χ1v) is 11.0. The highest BCUT2D eigenvalue weighted by atomic mass is 32.2. The molecule has 5 heteroatoms. The second kappa shape index (κ2) is 8.45. The minimum Gasteiger partial charge on any atom is -0.324 e. The minimum atomic E-state index is -0.828. The average molecular weight is 363 g/mol. The van der Waals surface area contributed by atoms with Crippen molar-refractivity contribution in [1.82, 2.24) is 0 Å². The van der Waals surface area contributed by atoms with Crippen LogP contribution in [-0.2, 0) is 21.3 Å². The monoisotopic (exact) mass is 362 g/mol. The van der Waals surface area contributed by atoms with Gasteiger partial charge in [-0.2, -0.15) is 0 Å². The van der Waals surface area contributed by atoms with Crippen LogP contribution in [0.4, 0.5) is 5.69 Å². The topological polar surface area (TPSA) is 72.2 Å². The van der Waals surface area contributed by atoms with Crippen molar-refractivity contribution in [3.8, 4) is 0 Å². The predicted molar refractivity (Wildman–Crippen MR) is 104 cm³/mol. The van der Waals surface area contributed by atoms with E-state index < -0.39 is 16.3 Å². The summed E-state index contributed by atoms with van der Waals surface area (Å²) in [7, 11) is -0.828. The third-order valence-corrected chi connectivity index (χ3v) is 7.45. The molecule has 2 aliphatic rings. The Kier molecular flexibility index (Phi) is 6.29. The van der Waals surface area contributed by atoms with E-state index >= 15 is 0 Å². The zero-order valence-electron chi connectivity index (χ0n) is 15.0. The molecule has 1 aromatic rings. The van der Waals surface area contributed by atoms with Crippen molar-refractivity contribution in [2.45, 2.75) is 80.7 Å². The SMILES string of the molecule is NC1(C(=O)Nc2cccc(CS(=O)C3CCCCC3)c2)CCCCC1. The van der Waals surface area contributed by atoms with Gasteiger partial charge in [-0.25, -0.2) is 0 Å². The van der Waals surface area contributed by atoms with Crippen LogP contribution in [-0.4, -0.2) is 20.9 Å². The number of benzene rings is 1. The van der Waals surface area contributed by atoms with Crippen molar-refractivity contribution >= 4 is 22.4 Å². The van der Waals surface area contributed by atoms with Gasteiger partial charge in [0.1, 0.15) is 0 Å². The quantitative estimate of drug-likeness (QED) is 0.835. The van der Waals surface area contributed by atoms with Crippen LogP contribution in [0.2, 0.25) is 0 Å². The fourth-order valence-corrected chi connectivity index (χ4v) is 5.62. The number of carbonyl (C=O) groups is 1. The summed E-state index contributed by atoms with van der Waals surface area (Å²) in [5.41, 5.74) is 7.36. The molecule has 0 spiro atoms. The van der Waals surface area contributed by atoms with Crippen LogP contribution in [0, 0.1) is 0 Å². The summed E-state index contributed by atoms with van der Waals surface area (Å²) >= 11 is 0. The van der Waals surface area contributed by atoms with E-state index in [0.717, 1.165) is 56.2 Å². The molecule has 2 aliphatic carbocycles. The van der Waals surface area contributed by atoms with Gasteiger partial charge >= 0.3 is 0 Å². The summed E-state index contributed by atoms with van der Waals surface area (Å²) in [4.78, 5) is 12.6. The van der Waals surface area contributed by atoms with E-state index in [4.69, 9.17) is 5.73 Å². The summed E-state index contributed by atoms with van der Waals surface area (Å²) in [6.07, 6.45) is 10.5. The predicted octanol–water partition coefficient (Wildman–Crippen LogP) is 3.87. The summed E-state index contributed by atoms with van der Waals surface area (Å²) in [5.74, 6) is 0.486. The molecular weight excluding hydrogens is 332 g/mol. The number of nitrogens with one attached hydrogen (secondary N) is 1. The second-order valence-electron chi connectivity index (χ2n) is 7.66. The first-order valence-electron chi connectivity index (χ1n) is 9.63. The fraction of sp³-hybridized carbons (Fsp3) is 0.650. The molecule has 3 N–H and O–H groups in total.